The van der Waals surface area contributed by atoms with Gasteiger partial charge in [-0.3, -0.25) is 4.90 Å². The van der Waals surface area contributed by atoms with Crippen LogP contribution in [0.3, 0.4) is 0 Å². The summed E-state index contributed by atoms with van der Waals surface area (Å²) in [7, 11) is 0. The Labute approximate surface area is 156 Å². The average Bonchev–Trinajstić information content (AvgIpc) is 3.32. The van der Waals surface area contributed by atoms with Gasteiger partial charge in [-0.15, -0.1) is 0 Å². The van der Waals surface area contributed by atoms with Crippen LogP contribution in [-0.4, -0.2) is 80.4 Å². The fourth-order valence-corrected chi connectivity index (χ4v) is 4.14. The molecule has 1 aromatic rings. The number of aliphatic imine (C=N–C) groups is 1. The van der Waals surface area contributed by atoms with E-state index in [4.69, 9.17) is 14.5 Å². The van der Waals surface area contributed by atoms with Crippen molar-refractivity contribution in [1.82, 2.24) is 15.1 Å². The molecule has 0 radical (unpaired) electrons. The third-order valence-electron chi connectivity index (χ3n) is 5.52. The quantitative estimate of drug-likeness (QED) is 0.651. The Morgan fingerprint density at radius 1 is 1.23 bits per heavy atom. The molecule has 3 aliphatic heterocycles. The van der Waals surface area contributed by atoms with Crippen molar-refractivity contribution < 1.29 is 9.47 Å². The summed E-state index contributed by atoms with van der Waals surface area (Å²) in [6.07, 6.45) is 2.31. The largest absolute Gasteiger partial charge is 0.488 e. The molecule has 2 atom stereocenters. The van der Waals surface area contributed by atoms with Gasteiger partial charge >= 0.3 is 0 Å². The molecule has 6 nitrogen and oxygen atoms in total. The van der Waals surface area contributed by atoms with Crippen LogP contribution in [0, 0.1) is 0 Å². The van der Waals surface area contributed by atoms with Gasteiger partial charge in [-0.2, -0.15) is 0 Å². The van der Waals surface area contributed by atoms with Crippen molar-refractivity contribution in [2.45, 2.75) is 31.9 Å². The molecule has 1 N–H and O–H groups in total. The van der Waals surface area contributed by atoms with Crippen LogP contribution in [0.5, 0.6) is 5.75 Å². The predicted molar refractivity (Wildman–Crippen MR) is 103 cm³/mol. The molecule has 1 aromatic carbocycles. The van der Waals surface area contributed by atoms with Gasteiger partial charge in [0.05, 0.1) is 19.8 Å². The van der Waals surface area contributed by atoms with E-state index in [1.54, 1.807) is 0 Å². The van der Waals surface area contributed by atoms with Crippen LogP contribution in [0.1, 0.15) is 18.9 Å². The number of likely N-dealkylation sites (tertiary alicyclic amines) is 1. The molecule has 3 heterocycles. The number of hydrogen-bond acceptors (Lipinski definition) is 4. The summed E-state index contributed by atoms with van der Waals surface area (Å²) in [5, 5.41) is 3.47. The molecule has 0 amide bonds. The first-order valence-corrected chi connectivity index (χ1v) is 9.93. The molecular weight excluding hydrogens is 328 g/mol. The predicted octanol–water partition coefficient (Wildman–Crippen LogP) is 1.36. The number of ether oxygens (including phenoxy) is 2. The van der Waals surface area contributed by atoms with E-state index in [0.717, 1.165) is 64.1 Å². The Morgan fingerprint density at radius 2 is 2.08 bits per heavy atom. The van der Waals surface area contributed by atoms with Crippen LogP contribution in [0.25, 0.3) is 0 Å². The molecule has 26 heavy (non-hydrogen) atoms. The minimum Gasteiger partial charge on any atom is -0.488 e. The van der Waals surface area contributed by atoms with Gasteiger partial charge in [0.2, 0.25) is 0 Å². The number of rotatable bonds is 4. The monoisotopic (exact) mass is 358 g/mol. The maximum Gasteiger partial charge on any atom is 0.194 e. The van der Waals surface area contributed by atoms with Gasteiger partial charge < -0.3 is 19.7 Å². The Hall–Kier alpha value is -1.79. The Kier molecular flexibility index (Phi) is 5.60. The van der Waals surface area contributed by atoms with Crippen LogP contribution >= 0.6 is 0 Å². The van der Waals surface area contributed by atoms with Crippen LogP contribution in [0.15, 0.2) is 29.3 Å². The molecule has 6 heteroatoms. The van der Waals surface area contributed by atoms with Crippen LogP contribution in [0.2, 0.25) is 0 Å². The summed E-state index contributed by atoms with van der Waals surface area (Å²) >= 11 is 0. The molecule has 0 aromatic heterocycles. The van der Waals surface area contributed by atoms with Crippen LogP contribution in [0.4, 0.5) is 0 Å². The van der Waals surface area contributed by atoms with Gasteiger partial charge in [0.15, 0.2) is 5.96 Å². The van der Waals surface area contributed by atoms with Gasteiger partial charge in [-0.25, -0.2) is 4.99 Å². The summed E-state index contributed by atoms with van der Waals surface area (Å²) < 4.78 is 11.5. The van der Waals surface area contributed by atoms with Crippen molar-refractivity contribution in [1.29, 1.82) is 0 Å². The van der Waals surface area contributed by atoms with Crippen LogP contribution in [-0.2, 0) is 11.2 Å². The lowest BCUT2D eigenvalue weighted by molar-refractivity contribution is 0.0195. The van der Waals surface area contributed by atoms with Crippen molar-refractivity contribution in [3.8, 4) is 5.75 Å². The molecule has 2 unspecified atom stereocenters. The van der Waals surface area contributed by atoms with Crippen molar-refractivity contribution in [3.63, 3.8) is 0 Å². The maximum atomic E-state index is 6.04. The van der Waals surface area contributed by atoms with Gasteiger partial charge in [0.25, 0.3) is 0 Å². The number of fused-ring (bicyclic) bond motifs is 1. The Bertz CT molecular complexity index is 605. The molecular formula is C20H30N4O2. The topological polar surface area (TPSA) is 49.3 Å². The number of para-hydroxylation sites is 1. The lowest BCUT2D eigenvalue weighted by Crippen LogP contribution is -2.46. The highest BCUT2D eigenvalue weighted by molar-refractivity contribution is 5.80. The Morgan fingerprint density at radius 3 is 2.88 bits per heavy atom. The second-order valence-electron chi connectivity index (χ2n) is 7.28. The van der Waals surface area contributed by atoms with Gasteiger partial charge in [0.1, 0.15) is 11.9 Å². The lowest BCUT2D eigenvalue weighted by atomic mass is 10.1. The summed E-state index contributed by atoms with van der Waals surface area (Å²) in [4.78, 5) is 9.89. The van der Waals surface area contributed by atoms with Crippen molar-refractivity contribution in [2.24, 2.45) is 4.99 Å². The number of guanidine groups is 1. The third kappa shape index (κ3) is 3.96. The molecule has 2 fully saturated rings. The third-order valence-corrected chi connectivity index (χ3v) is 5.52. The van der Waals surface area contributed by atoms with E-state index >= 15 is 0 Å². The number of nitrogens with one attached hydrogen (secondary N) is 1. The second-order valence-corrected chi connectivity index (χ2v) is 7.28. The summed E-state index contributed by atoms with van der Waals surface area (Å²) in [5.74, 6) is 2.05. The minimum atomic E-state index is 0.152. The minimum absolute atomic E-state index is 0.152. The molecule has 0 bridgehead atoms. The number of benzene rings is 1. The SMILES string of the molecule is CCNC(=NCC1Cc2ccccc2O1)N1CCC(N2CCOCC2)C1. The van der Waals surface area contributed by atoms with E-state index in [2.05, 4.69) is 40.2 Å². The first-order valence-electron chi connectivity index (χ1n) is 9.93. The van der Waals surface area contributed by atoms with Gasteiger partial charge in [0, 0.05) is 45.2 Å². The highest BCUT2D eigenvalue weighted by atomic mass is 16.5. The zero-order chi connectivity index (χ0) is 17.8. The Balaban J connectivity index is 1.34. The summed E-state index contributed by atoms with van der Waals surface area (Å²) in [6, 6.07) is 8.93. The lowest BCUT2D eigenvalue weighted by Gasteiger charge is -2.32. The zero-order valence-corrected chi connectivity index (χ0v) is 15.7. The fourth-order valence-electron chi connectivity index (χ4n) is 4.14. The van der Waals surface area contributed by atoms with E-state index in [1.165, 1.54) is 12.0 Å². The van der Waals surface area contributed by atoms with E-state index in [0.29, 0.717) is 12.6 Å². The summed E-state index contributed by atoms with van der Waals surface area (Å²) in [6.45, 7) is 9.69. The molecule has 0 saturated carbocycles. The molecule has 4 rings (SSSR count). The summed E-state index contributed by atoms with van der Waals surface area (Å²) in [5.41, 5.74) is 1.30. The van der Waals surface area contributed by atoms with Gasteiger partial charge in [-0.1, -0.05) is 18.2 Å². The van der Waals surface area contributed by atoms with Crippen molar-refractivity contribution in [3.05, 3.63) is 29.8 Å². The van der Waals surface area contributed by atoms with E-state index in [1.807, 2.05) is 6.07 Å². The molecule has 0 aliphatic carbocycles. The number of hydrogen-bond donors (Lipinski definition) is 1. The average molecular weight is 358 g/mol. The first-order chi connectivity index (χ1) is 12.8. The zero-order valence-electron chi connectivity index (χ0n) is 15.7. The first kappa shape index (κ1) is 17.6. The van der Waals surface area contributed by atoms with E-state index in [9.17, 15) is 0 Å². The fraction of sp³-hybridized carbons (Fsp3) is 0.650. The van der Waals surface area contributed by atoms with E-state index in [-0.39, 0.29) is 6.10 Å². The van der Waals surface area contributed by atoms with Crippen molar-refractivity contribution >= 4 is 5.96 Å². The maximum absolute atomic E-state index is 6.04. The highest BCUT2D eigenvalue weighted by Gasteiger charge is 2.30. The number of nitrogens with zero attached hydrogens (tertiary/aromatic N) is 3. The molecule has 142 valence electrons. The normalized spacial score (nSPS) is 26.7. The molecule has 2 saturated heterocycles. The molecule has 3 aliphatic rings. The van der Waals surface area contributed by atoms with Crippen LogP contribution < -0.4 is 10.1 Å². The van der Waals surface area contributed by atoms with E-state index < -0.39 is 0 Å². The number of morpholine rings is 1. The van der Waals surface area contributed by atoms with Crippen molar-refractivity contribution in [2.75, 3.05) is 52.5 Å². The highest BCUT2D eigenvalue weighted by Crippen LogP contribution is 2.28. The second kappa shape index (κ2) is 8.27. The standard InChI is InChI=1S/C20H30N4O2/c1-2-21-20(22-14-18-13-16-5-3-4-6-19(16)26-18)24-8-7-17(15-24)23-9-11-25-12-10-23/h3-6,17-18H,2,7-15H2,1H3,(H,21,22). The molecule has 0 spiro atoms. The van der Waals surface area contributed by atoms with Gasteiger partial charge in [-0.05, 0) is 25.0 Å². The smallest absolute Gasteiger partial charge is 0.194 e.